The lowest BCUT2D eigenvalue weighted by Gasteiger charge is -2.09. The van der Waals surface area contributed by atoms with Crippen LogP contribution in [0, 0.1) is 6.92 Å². The molecule has 0 aliphatic rings. The molecule has 154 valence electrons. The second-order valence-corrected chi connectivity index (χ2v) is 9.19. The number of anilines is 2. The van der Waals surface area contributed by atoms with Gasteiger partial charge in [-0.15, -0.1) is 11.3 Å². The molecule has 10 heteroatoms. The summed E-state index contributed by atoms with van der Waals surface area (Å²) in [6, 6.07) is 9.79. The summed E-state index contributed by atoms with van der Waals surface area (Å²) >= 11 is 1.19. The number of aromatic nitrogens is 3. The van der Waals surface area contributed by atoms with E-state index in [9.17, 15) is 13.2 Å². The standard InChI is InChI=1S/C20H19N5O3S2/c1-3-16-18(25-12-13(2)4-9-17(25)23-16)19(26)22-14-5-7-15(8-6-14)30(27,28)24-20-21-10-11-29-20/h4-12H,3H2,1-2H3,(H,21,24)(H,22,26). The monoisotopic (exact) mass is 441 g/mol. The van der Waals surface area contributed by atoms with Gasteiger partial charge in [0.1, 0.15) is 11.3 Å². The molecule has 2 N–H and O–H groups in total. The third kappa shape index (κ3) is 3.91. The third-order valence-electron chi connectivity index (χ3n) is 4.47. The van der Waals surface area contributed by atoms with Crippen molar-refractivity contribution in [2.24, 2.45) is 0 Å². The van der Waals surface area contributed by atoms with Crippen LogP contribution < -0.4 is 10.0 Å². The molecule has 0 spiro atoms. The minimum atomic E-state index is -3.74. The molecule has 0 radical (unpaired) electrons. The molecule has 0 unspecified atom stereocenters. The number of imidazole rings is 1. The van der Waals surface area contributed by atoms with E-state index in [-0.39, 0.29) is 10.8 Å². The minimum Gasteiger partial charge on any atom is -0.321 e. The lowest BCUT2D eigenvalue weighted by molar-refractivity contribution is 0.102. The number of carbonyl (C=O) groups is 1. The zero-order chi connectivity index (χ0) is 21.3. The Hall–Kier alpha value is -3.24. The normalized spacial score (nSPS) is 11.5. The molecule has 0 aliphatic heterocycles. The van der Waals surface area contributed by atoms with Gasteiger partial charge in [0, 0.05) is 23.5 Å². The summed E-state index contributed by atoms with van der Waals surface area (Å²) in [6.07, 6.45) is 4.01. The van der Waals surface area contributed by atoms with Gasteiger partial charge in [-0.25, -0.2) is 18.4 Å². The molecule has 0 saturated heterocycles. The number of pyridine rings is 1. The predicted molar refractivity (Wildman–Crippen MR) is 117 cm³/mol. The molecular formula is C20H19N5O3S2. The number of rotatable bonds is 6. The third-order valence-corrected chi connectivity index (χ3v) is 6.64. The van der Waals surface area contributed by atoms with Crippen LogP contribution in [0.15, 0.2) is 59.1 Å². The molecular weight excluding hydrogens is 422 g/mol. The van der Waals surface area contributed by atoms with Crippen LogP contribution >= 0.6 is 11.3 Å². The molecule has 30 heavy (non-hydrogen) atoms. The highest BCUT2D eigenvalue weighted by molar-refractivity contribution is 7.93. The number of amides is 1. The highest BCUT2D eigenvalue weighted by Crippen LogP contribution is 2.21. The van der Waals surface area contributed by atoms with E-state index in [1.165, 1.54) is 29.7 Å². The second-order valence-electron chi connectivity index (χ2n) is 6.62. The van der Waals surface area contributed by atoms with E-state index in [4.69, 9.17) is 0 Å². The number of benzene rings is 1. The van der Waals surface area contributed by atoms with Crippen LogP contribution in [-0.4, -0.2) is 28.7 Å². The first kappa shape index (κ1) is 20.0. The van der Waals surface area contributed by atoms with E-state index in [1.807, 2.05) is 32.2 Å². The molecule has 1 amide bonds. The number of carbonyl (C=O) groups excluding carboxylic acids is 1. The van der Waals surface area contributed by atoms with Crippen molar-refractivity contribution >= 4 is 43.7 Å². The summed E-state index contributed by atoms with van der Waals surface area (Å²) in [6.45, 7) is 3.90. The van der Waals surface area contributed by atoms with Crippen molar-refractivity contribution in [2.45, 2.75) is 25.2 Å². The summed E-state index contributed by atoms with van der Waals surface area (Å²) in [4.78, 5) is 21.5. The summed E-state index contributed by atoms with van der Waals surface area (Å²) in [5, 5.41) is 4.81. The predicted octanol–water partition coefficient (Wildman–Crippen LogP) is 3.71. The van der Waals surface area contributed by atoms with Crippen LogP contribution in [0.1, 0.15) is 28.7 Å². The van der Waals surface area contributed by atoms with Gasteiger partial charge in [0.05, 0.1) is 10.6 Å². The maximum atomic E-state index is 13.0. The van der Waals surface area contributed by atoms with Crippen molar-refractivity contribution in [3.63, 3.8) is 0 Å². The van der Waals surface area contributed by atoms with E-state index in [0.717, 1.165) is 5.56 Å². The average molecular weight is 442 g/mol. The average Bonchev–Trinajstić information content (AvgIpc) is 3.34. The topological polar surface area (TPSA) is 105 Å². The SMILES string of the molecule is CCc1nc2ccc(C)cn2c1C(=O)Nc1ccc(S(=O)(=O)Nc2nccs2)cc1. The minimum absolute atomic E-state index is 0.0790. The number of nitrogens with one attached hydrogen (secondary N) is 2. The van der Waals surface area contributed by atoms with Crippen molar-refractivity contribution in [1.29, 1.82) is 0 Å². The molecule has 3 heterocycles. The van der Waals surface area contributed by atoms with Gasteiger partial charge in [0.25, 0.3) is 15.9 Å². The van der Waals surface area contributed by atoms with Gasteiger partial charge >= 0.3 is 0 Å². The summed E-state index contributed by atoms with van der Waals surface area (Å²) in [5.74, 6) is -0.304. The van der Waals surface area contributed by atoms with Crippen molar-refractivity contribution < 1.29 is 13.2 Å². The maximum absolute atomic E-state index is 13.0. The lowest BCUT2D eigenvalue weighted by Crippen LogP contribution is -2.17. The Morgan fingerprint density at radius 2 is 1.93 bits per heavy atom. The maximum Gasteiger partial charge on any atom is 0.274 e. The van der Waals surface area contributed by atoms with E-state index >= 15 is 0 Å². The van der Waals surface area contributed by atoms with E-state index in [2.05, 4.69) is 20.0 Å². The van der Waals surface area contributed by atoms with E-state index in [0.29, 0.717) is 34.3 Å². The molecule has 1 aromatic carbocycles. The lowest BCUT2D eigenvalue weighted by atomic mass is 10.2. The molecule has 8 nitrogen and oxygen atoms in total. The molecule has 4 aromatic rings. The highest BCUT2D eigenvalue weighted by Gasteiger charge is 2.19. The number of sulfonamides is 1. The van der Waals surface area contributed by atoms with Gasteiger partial charge in [-0.3, -0.25) is 13.9 Å². The van der Waals surface area contributed by atoms with Gasteiger partial charge in [-0.2, -0.15) is 0 Å². The summed E-state index contributed by atoms with van der Waals surface area (Å²) < 4.78 is 29.1. The van der Waals surface area contributed by atoms with Gasteiger partial charge in [0.2, 0.25) is 0 Å². The van der Waals surface area contributed by atoms with Gasteiger partial charge in [0.15, 0.2) is 5.13 Å². The van der Waals surface area contributed by atoms with E-state index < -0.39 is 10.0 Å². The molecule has 0 atom stereocenters. The van der Waals surface area contributed by atoms with Gasteiger partial charge in [-0.1, -0.05) is 13.0 Å². The highest BCUT2D eigenvalue weighted by atomic mass is 32.2. The van der Waals surface area contributed by atoms with Crippen LogP contribution in [0.5, 0.6) is 0 Å². The number of thiazole rings is 1. The Morgan fingerprint density at radius 3 is 2.60 bits per heavy atom. The Bertz CT molecular complexity index is 1310. The summed E-state index contributed by atoms with van der Waals surface area (Å²) in [5.41, 5.74) is 3.37. The van der Waals surface area contributed by atoms with Crippen LogP contribution in [0.4, 0.5) is 10.8 Å². The van der Waals surface area contributed by atoms with Gasteiger partial charge < -0.3 is 5.32 Å². The zero-order valence-electron chi connectivity index (χ0n) is 16.3. The quantitative estimate of drug-likeness (QED) is 0.474. The number of hydrogen-bond acceptors (Lipinski definition) is 6. The van der Waals surface area contributed by atoms with Crippen molar-refractivity contribution in [1.82, 2.24) is 14.4 Å². The fourth-order valence-corrected chi connectivity index (χ4v) is 4.83. The fourth-order valence-electron chi connectivity index (χ4n) is 3.04. The Kier molecular flexibility index (Phi) is 5.27. The first-order valence-electron chi connectivity index (χ1n) is 9.18. The first-order chi connectivity index (χ1) is 14.4. The molecule has 3 aromatic heterocycles. The van der Waals surface area contributed by atoms with Crippen LogP contribution in [-0.2, 0) is 16.4 Å². The van der Waals surface area contributed by atoms with Crippen LogP contribution in [0.2, 0.25) is 0 Å². The smallest absolute Gasteiger partial charge is 0.274 e. The second kappa shape index (κ2) is 7.88. The number of fused-ring (bicyclic) bond motifs is 1. The Morgan fingerprint density at radius 1 is 1.17 bits per heavy atom. The molecule has 0 aliphatic carbocycles. The molecule has 0 fully saturated rings. The van der Waals surface area contributed by atoms with Crippen molar-refractivity contribution in [3.05, 3.63) is 71.1 Å². The summed E-state index contributed by atoms with van der Waals surface area (Å²) in [7, 11) is -3.74. The Labute approximate surface area is 177 Å². The van der Waals surface area contributed by atoms with Gasteiger partial charge in [-0.05, 0) is 49.2 Å². The number of aryl methyl sites for hydroxylation is 2. The van der Waals surface area contributed by atoms with E-state index in [1.54, 1.807) is 21.9 Å². The number of nitrogens with zero attached hydrogens (tertiary/aromatic N) is 3. The first-order valence-corrected chi connectivity index (χ1v) is 11.5. The van der Waals surface area contributed by atoms with Crippen LogP contribution in [0.25, 0.3) is 5.65 Å². The fraction of sp³-hybridized carbons (Fsp3) is 0.150. The molecule has 0 saturated carbocycles. The number of hydrogen-bond donors (Lipinski definition) is 2. The molecule has 4 rings (SSSR count). The largest absolute Gasteiger partial charge is 0.321 e. The van der Waals surface area contributed by atoms with Crippen molar-refractivity contribution in [2.75, 3.05) is 10.0 Å². The van der Waals surface area contributed by atoms with Crippen molar-refractivity contribution in [3.8, 4) is 0 Å². The Balaban J connectivity index is 1.57. The molecule has 0 bridgehead atoms. The van der Waals surface area contributed by atoms with Crippen LogP contribution in [0.3, 0.4) is 0 Å². The zero-order valence-corrected chi connectivity index (χ0v) is 17.9.